The van der Waals surface area contributed by atoms with Gasteiger partial charge in [-0.25, -0.2) is 8.78 Å². The molecule has 26 heavy (non-hydrogen) atoms. The van der Waals surface area contributed by atoms with Crippen LogP contribution in [0.2, 0.25) is 0 Å². The van der Waals surface area contributed by atoms with Crippen LogP contribution in [0.1, 0.15) is 43.1 Å². The van der Waals surface area contributed by atoms with Crippen molar-refractivity contribution >= 4 is 5.69 Å². The molecule has 1 aliphatic rings. The number of nitrogens with zero attached hydrogens (tertiary/aromatic N) is 4. The van der Waals surface area contributed by atoms with Gasteiger partial charge < -0.3 is 0 Å². The summed E-state index contributed by atoms with van der Waals surface area (Å²) in [5.41, 5.74) is 1.35. The minimum atomic E-state index is -2.49. The highest BCUT2D eigenvalue weighted by molar-refractivity contribution is 5.32. The van der Waals surface area contributed by atoms with E-state index in [1.165, 1.54) is 10.9 Å². The number of benzene rings is 1. The van der Waals surface area contributed by atoms with E-state index in [4.69, 9.17) is 0 Å². The van der Waals surface area contributed by atoms with Crippen molar-refractivity contribution in [3.63, 3.8) is 0 Å². The molecule has 1 aliphatic heterocycles. The van der Waals surface area contributed by atoms with Crippen LogP contribution in [0.3, 0.4) is 0 Å². The Morgan fingerprint density at radius 1 is 1.31 bits per heavy atom. The van der Waals surface area contributed by atoms with Gasteiger partial charge in [-0.05, 0) is 32.3 Å². The van der Waals surface area contributed by atoms with Crippen LogP contribution in [0.5, 0.6) is 0 Å². The molecule has 1 saturated heterocycles. The van der Waals surface area contributed by atoms with Crippen molar-refractivity contribution in [1.29, 1.82) is 0 Å². The third-order valence-electron chi connectivity index (χ3n) is 5.29. The lowest BCUT2D eigenvalue weighted by Crippen LogP contribution is -2.48. The molecule has 2 heterocycles. The quantitative estimate of drug-likeness (QED) is 0.591. The van der Waals surface area contributed by atoms with E-state index in [0.717, 1.165) is 5.56 Å². The molecule has 3 atom stereocenters. The van der Waals surface area contributed by atoms with Gasteiger partial charge in [-0.1, -0.05) is 30.3 Å². The van der Waals surface area contributed by atoms with Crippen LogP contribution < -0.4 is 0 Å². The number of alkyl halides is 2. The Bertz CT molecular complexity index is 766. The SMILES string of the molecule is Cc1c([N+](=O)[O-])cnn1[C@H]1CCN([C@H](C)c2ccccc2)[C@@H](C(F)F)C1. The molecule has 0 amide bonds. The summed E-state index contributed by atoms with van der Waals surface area (Å²) in [5.74, 6) is 0. The van der Waals surface area contributed by atoms with Crippen molar-refractivity contribution in [1.82, 2.24) is 14.7 Å². The molecule has 0 aliphatic carbocycles. The average molecular weight is 364 g/mol. The van der Waals surface area contributed by atoms with Crippen LogP contribution in [-0.2, 0) is 0 Å². The van der Waals surface area contributed by atoms with Crippen molar-refractivity contribution in [2.45, 2.75) is 51.2 Å². The zero-order chi connectivity index (χ0) is 18.8. The summed E-state index contributed by atoms with van der Waals surface area (Å²) in [5, 5.41) is 15.1. The first-order valence-electron chi connectivity index (χ1n) is 8.67. The second-order valence-corrected chi connectivity index (χ2v) is 6.72. The Balaban J connectivity index is 1.81. The highest BCUT2D eigenvalue weighted by Gasteiger charge is 2.39. The number of halogens is 2. The summed E-state index contributed by atoms with van der Waals surface area (Å²) in [7, 11) is 0. The summed E-state index contributed by atoms with van der Waals surface area (Å²) in [6, 6.07) is 8.31. The highest BCUT2D eigenvalue weighted by Crippen LogP contribution is 2.36. The summed E-state index contributed by atoms with van der Waals surface area (Å²) in [6.45, 7) is 4.04. The zero-order valence-electron chi connectivity index (χ0n) is 14.8. The standard InChI is InChI=1S/C18H22F2N4O2/c1-12(14-6-4-3-5-7-14)22-9-8-15(10-16(22)18(19)20)23-13(2)17(11-21-23)24(25)26/h3-7,11-12,15-16,18H,8-10H2,1-2H3/t12-,15+,16-/m1/s1. The van der Waals surface area contributed by atoms with E-state index in [1.54, 1.807) is 6.92 Å². The fourth-order valence-electron chi connectivity index (χ4n) is 3.83. The lowest BCUT2D eigenvalue weighted by molar-refractivity contribution is -0.385. The Morgan fingerprint density at radius 2 is 2.00 bits per heavy atom. The molecule has 140 valence electrons. The number of likely N-dealkylation sites (tertiary alicyclic amines) is 1. The van der Waals surface area contributed by atoms with Gasteiger partial charge in [0.1, 0.15) is 11.9 Å². The predicted octanol–water partition coefficient (Wildman–Crippen LogP) is 4.13. The normalized spacial score (nSPS) is 22.5. The number of rotatable bonds is 5. The Kier molecular flexibility index (Phi) is 5.31. The van der Waals surface area contributed by atoms with Gasteiger partial charge in [-0.2, -0.15) is 5.10 Å². The third-order valence-corrected chi connectivity index (χ3v) is 5.29. The van der Waals surface area contributed by atoms with E-state index >= 15 is 0 Å². The van der Waals surface area contributed by atoms with Gasteiger partial charge in [0, 0.05) is 12.6 Å². The molecule has 1 aromatic carbocycles. The van der Waals surface area contributed by atoms with Gasteiger partial charge in [-0.15, -0.1) is 0 Å². The fourth-order valence-corrected chi connectivity index (χ4v) is 3.83. The van der Waals surface area contributed by atoms with Gasteiger partial charge >= 0.3 is 5.69 Å². The van der Waals surface area contributed by atoms with Crippen LogP contribution in [0.25, 0.3) is 0 Å². The highest BCUT2D eigenvalue weighted by atomic mass is 19.3. The topological polar surface area (TPSA) is 64.2 Å². The molecule has 6 nitrogen and oxygen atoms in total. The maximum Gasteiger partial charge on any atom is 0.309 e. The molecule has 1 fully saturated rings. The van der Waals surface area contributed by atoms with E-state index in [0.29, 0.717) is 18.7 Å². The van der Waals surface area contributed by atoms with Gasteiger partial charge in [0.2, 0.25) is 0 Å². The van der Waals surface area contributed by atoms with Crippen LogP contribution in [0.15, 0.2) is 36.5 Å². The summed E-state index contributed by atoms with van der Waals surface area (Å²) in [4.78, 5) is 12.4. The average Bonchev–Trinajstić information content (AvgIpc) is 3.03. The number of hydrogen-bond donors (Lipinski definition) is 0. The van der Waals surface area contributed by atoms with Crippen LogP contribution in [0, 0.1) is 17.0 Å². The molecule has 3 rings (SSSR count). The zero-order valence-corrected chi connectivity index (χ0v) is 14.8. The predicted molar refractivity (Wildman–Crippen MR) is 93.2 cm³/mol. The second-order valence-electron chi connectivity index (χ2n) is 6.72. The van der Waals surface area contributed by atoms with Crippen molar-refractivity contribution < 1.29 is 13.7 Å². The molecule has 2 aromatic rings. The first-order chi connectivity index (χ1) is 12.4. The van der Waals surface area contributed by atoms with E-state index < -0.39 is 17.4 Å². The molecular formula is C18H22F2N4O2. The Hall–Kier alpha value is -2.35. The van der Waals surface area contributed by atoms with E-state index in [-0.39, 0.29) is 24.2 Å². The third kappa shape index (κ3) is 3.46. The lowest BCUT2D eigenvalue weighted by Gasteiger charge is -2.42. The molecule has 0 radical (unpaired) electrons. The van der Waals surface area contributed by atoms with E-state index in [2.05, 4.69) is 5.10 Å². The molecule has 8 heteroatoms. The fraction of sp³-hybridized carbons (Fsp3) is 0.500. The summed E-state index contributed by atoms with van der Waals surface area (Å²) in [6.07, 6.45) is -0.449. The Labute approximate surface area is 150 Å². The Morgan fingerprint density at radius 3 is 2.58 bits per heavy atom. The summed E-state index contributed by atoms with van der Waals surface area (Å²) < 4.78 is 29.1. The van der Waals surface area contributed by atoms with Crippen molar-refractivity contribution in [2.75, 3.05) is 6.54 Å². The molecular weight excluding hydrogens is 342 g/mol. The maximum atomic E-state index is 13.8. The first-order valence-corrected chi connectivity index (χ1v) is 8.67. The van der Waals surface area contributed by atoms with Crippen LogP contribution >= 0.6 is 0 Å². The monoisotopic (exact) mass is 364 g/mol. The van der Waals surface area contributed by atoms with Crippen LogP contribution in [0.4, 0.5) is 14.5 Å². The van der Waals surface area contributed by atoms with Crippen molar-refractivity contribution in [3.8, 4) is 0 Å². The number of piperidine rings is 1. The lowest BCUT2D eigenvalue weighted by atomic mass is 9.93. The smallest absolute Gasteiger partial charge is 0.288 e. The van der Waals surface area contributed by atoms with Gasteiger partial charge in [-0.3, -0.25) is 19.7 Å². The first kappa shape index (κ1) is 18.4. The summed E-state index contributed by atoms with van der Waals surface area (Å²) >= 11 is 0. The minimum absolute atomic E-state index is 0.0707. The number of aromatic nitrogens is 2. The largest absolute Gasteiger partial charge is 0.309 e. The molecule has 0 bridgehead atoms. The number of nitro groups is 1. The molecule has 0 spiro atoms. The van der Waals surface area contributed by atoms with Crippen molar-refractivity contribution in [2.24, 2.45) is 0 Å². The molecule has 0 saturated carbocycles. The molecule has 0 unspecified atom stereocenters. The van der Waals surface area contributed by atoms with Gasteiger partial charge in [0.25, 0.3) is 6.43 Å². The minimum Gasteiger partial charge on any atom is -0.288 e. The molecule has 1 aromatic heterocycles. The maximum absolute atomic E-state index is 13.8. The van der Waals surface area contributed by atoms with Gasteiger partial charge in [0.15, 0.2) is 0 Å². The van der Waals surface area contributed by atoms with Crippen molar-refractivity contribution in [3.05, 3.63) is 57.9 Å². The molecule has 0 N–H and O–H groups in total. The van der Waals surface area contributed by atoms with E-state index in [9.17, 15) is 18.9 Å². The second kappa shape index (κ2) is 7.49. The van der Waals surface area contributed by atoms with E-state index in [1.807, 2.05) is 42.2 Å². The van der Waals surface area contributed by atoms with Gasteiger partial charge in [0.05, 0.1) is 17.0 Å². The number of hydrogen-bond acceptors (Lipinski definition) is 4. The van der Waals surface area contributed by atoms with Crippen LogP contribution in [-0.4, -0.2) is 38.6 Å².